The van der Waals surface area contributed by atoms with Crippen molar-refractivity contribution in [3.8, 4) is 0 Å². The van der Waals surface area contributed by atoms with Gasteiger partial charge in [-0.25, -0.2) is 8.78 Å². The van der Waals surface area contributed by atoms with E-state index in [1.54, 1.807) is 12.1 Å². The summed E-state index contributed by atoms with van der Waals surface area (Å²) >= 11 is 0. The molecule has 1 aromatic carbocycles. The molecule has 0 amide bonds. The molecule has 0 saturated heterocycles. The van der Waals surface area contributed by atoms with E-state index in [-0.39, 0.29) is 11.3 Å². The minimum absolute atomic E-state index is 0.0430. The van der Waals surface area contributed by atoms with Crippen molar-refractivity contribution in [2.24, 2.45) is 0 Å². The van der Waals surface area contributed by atoms with Gasteiger partial charge in [0.2, 0.25) is 5.92 Å². The lowest BCUT2D eigenvalue weighted by atomic mass is 9.58. The number of rotatable bonds is 3. The molecule has 0 radical (unpaired) electrons. The Balaban J connectivity index is 2.05. The molecule has 2 aromatic rings. The molecule has 0 aliphatic heterocycles. The van der Waals surface area contributed by atoms with Crippen LogP contribution in [0.3, 0.4) is 0 Å². The van der Waals surface area contributed by atoms with Crippen LogP contribution in [-0.4, -0.2) is 16.0 Å². The maximum Gasteiger partial charge on any atom is 0.416 e. The average Bonchev–Trinajstić information content (AvgIpc) is 2.51. The molecule has 1 fully saturated rings. The third kappa shape index (κ3) is 2.88. The summed E-state index contributed by atoms with van der Waals surface area (Å²) in [6.07, 6.45) is -6.05. The van der Waals surface area contributed by atoms with Crippen molar-refractivity contribution in [2.75, 3.05) is 0 Å². The maximum absolute atomic E-state index is 13.6. The van der Waals surface area contributed by atoms with Crippen LogP contribution in [0.2, 0.25) is 0 Å². The number of alkyl halides is 5. The molecule has 1 N–H and O–H groups in total. The number of pyridine rings is 1. The number of aromatic nitrogens is 1. The first kappa shape index (κ1) is 16.8. The zero-order valence-electron chi connectivity index (χ0n) is 12.4. The number of hydrogen-bond donors (Lipinski definition) is 1. The quantitative estimate of drug-likeness (QED) is 0.833. The zero-order chi connectivity index (χ0) is 17.6. The first-order chi connectivity index (χ1) is 11.1. The van der Waals surface area contributed by atoms with E-state index in [0.29, 0.717) is 0 Å². The monoisotopic (exact) mass is 343 g/mol. The topological polar surface area (TPSA) is 33.1 Å². The van der Waals surface area contributed by atoms with Crippen LogP contribution in [0.4, 0.5) is 22.0 Å². The number of halogens is 5. The Morgan fingerprint density at radius 1 is 1.04 bits per heavy atom. The second-order valence-electron chi connectivity index (χ2n) is 6.10. The van der Waals surface area contributed by atoms with Gasteiger partial charge >= 0.3 is 6.18 Å². The molecular weight excluding hydrogens is 329 g/mol. The molecule has 24 heavy (non-hydrogen) atoms. The van der Waals surface area contributed by atoms with Gasteiger partial charge in [0.25, 0.3) is 0 Å². The van der Waals surface area contributed by atoms with Crippen LogP contribution in [0.5, 0.6) is 0 Å². The Morgan fingerprint density at radius 3 is 2.29 bits per heavy atom. The van der Waals surface area contributed by atoms with Gasteiger partial charge in [-0.2, -0.15) is 13.2 Å². The molecule has 1 saturated carbocycles. The Labute approximate surface area is 135 Å². The van der Waals surface area contributed by atoms with Gasteiger partial charge in [0.1, 0.15) is 6.10 Å². The summed E-state index contributed by atoms with van der Waals surface area (Å²) in [4.78, 5) is 3.95. The SMILES string of the molecule is OC(c1ccccn1)C1(c2cccc(C(F)(F)F)c2)CC(F)(F)C1. The first-order valence-corrected chi connectivity index (χ1v) is 7.29. The fraction of sp³-hybridized carbons (Fsp3) is 0.353. The van der Waals surface area contributed by atoms with E-state index < -0.39 is 42.0 Å². The van der Waals surface area contributed by atoms with Gasteiger partial charge in [-0.3, -0.25) is 4.98 Å². The molecule has 3 rings (SSSR count). The Hall–Kier alpha value is -2.02. The zero-order valence-corrected chi connectivity index (χ0v) is 12.4. The van der Waals surface area contributed by atoms with Crippen LogP contribution in [0.1, 0.15) is 35.8 Å². The van der Waals surface area contributed by atoms with Crippen molar-refractivity contribution < 1.29 is 27.1 Å². The average molecular weight is 343 g/mol. The fourth-order valence-corrected chi connectivity index (χ4v) is 3.25. The summed E-state index contributed by atoms with van der Waals surface area (Å²) in [7, 11) is 0. The van der Waals surface area contributed by atoms with E-state index in [2.05, 4.69) is 4.98 Å². The van der Waals surface area contributed by atoms with Crippen LogP contribution in [0.15, 0.2) is 48.7 Å². The van der Waals surface area contributed by atoms with Gasteiger partial charge in [-0.1, -0.05) is 24.3 Å². The van der Waals surface area contributed by atoms with Crippen LogP contribution < -0.4 is 0 Å². The van der Waals surface area contributed by atoms with Crippen molar-refractivity contribution in [1.29, 1.82) is 0 Å². The predicted molar refractivity (Wildman–Crippen MR) is 76.5 cm³/mol. The summed E-state index contributed by atoms with van der Waals surface area (Å²) in [5.41, 5.74) is -2.21. The molecule has 1 aliphatic carbocycles. The second-order valence-corrected chi connectivity index (χ2v) is 6.10. The highest BCUT2D eigenvalue weighted by atomic mass is 19.4. The van der Waals surface area contributed by atoms with Crippen LogP contribution in [0.25, 0.3) is 0 Å². The molecule has 1 unspecified atom stereocenters. The molecule has 1 aliphatic rings. The van der Waals surface area contributed by atoms with Crippen LogP contribution in [0, 0.1) is 0 Å². The highest BCUT2D eigenvalue weighted by molar-refractivity contribution is 5.38. The largest absolute Gasteiger partial charge is 0.416 e. The highest BCUT2D eigenvalue weighted by Crippen LogP contribution is 2.59. The van der Waals surface area contributed by atoms with E-state index in [1.807, 2.05) is 0 Å². The van der Waals surface area contributed by atoms with E-state index in [9.17, 15) is 27.1 Å². The lowest BCUT2D eigenvalue weighted by Gasteiger charge is -2.50. The molecule has 1 heterocycles. The Kier molecular flexibility index (Phi) is 3.86. The van der Waals surface area contributed by atoms with Crippen molar-refractivity contribution in [3.05, 3.63) is 65.5 Å². The molecule has 0 spiro atoms. The molecule has 1 atom stereocenters. The predicted octanol–water partition coefficient (Wildman–Crippen LogP) is 4.50. The third-order valence-electron chi connectivity index (χ3n) is 4.40. The minimum atomic E-state index is -4.58. The lowest BCUT2D eigenvalue weighted by Crippen LogP contribution is -2.53. The minimum Gasteiger partial charge on any atom is -0.386 e. The van der Waals surface area contributed by atoms with Crippen molar-refractivity contribution in [1.82, 2.24) is 4.98 Å². The molecule has 0 bridgehead atoms. The molecule has 128 valence electrons. The standard InChI is InChI=1S/C17H14F5NO/c18-16(19)9-15(10-16,14(24)13-6-1-2-7-23-13)11-4-3-5-12(8-11)17(20,21)22/h1-8,14,24H,9-10H2. The number of nitrogens with zero attached hydrogens (tertiary/aromatic N) is 1. The Morgan fingerprint density at radius 2 is 1.75 bits per heavy atom. The summed E-state index contributed by atoms with van der Waals surface area (Å²) in [6, 6.07) is 8.88. The van der Waals surface area contributed by atoms with Gasteiger partial charge in [0, 0.05) is 24.5 Å². The van der Waals surface area contributed by atoms with Crippen molar-refractivity contribution in [2.45, 2.75) is 36.5 Å². The number of benzene rings is 1. The van der Waals surface area contributed by atoms with E-state index in [0.717, 1.165) is 12.1 Å². The van der Waals surface area contributed by atoms with Crippen LogP contribution >= 0.6 is 0 Å². The van der Waals surface area contributed by atoms with Gasteiger partial charge in [0.15, 0.2) is 0 Å². The fourth-order valence-electron chi connectivity index (χ4n) is 3.25. The first-order valence-electron chi connectivity index (χ1n) is 7.29. The number of aliphatic hydroxyl groups excluding tert-OH is 1. The normalized spacial score (nSPS) is 20.2. The van der Waals surface area contributed by atoms with Gasteiger partial charge in [-0.15, -0.1) is 0 Å². The van der Waals surface area contributed by atoms with Gasteiger partial charge < -0.3 is 5.11 Å². The molecule has 2 nitrogen and oxygen atoms in total. The molecule has 7 heteroatoms. The third-order valence-corrected chi connectivity index (χ3v) is 4.40. The highest BCUT2D eigenvalue weighted by Gasteiger charge is 2.61. The van der Waals surface area contributed by atoms with Gasteiger partial charge in [0.05, 0.1) is 11.3 Å². The second kappa shape index (κ2) is 5.51. The van der Waals surface area contributed by atoms with Crippen molar-refractivity contribution in [3.63, 3.8) is 0 Å². The number of hydrogen-bond acceptors (Lipinski definition) is 2. The summed E-state index contributed by atoms with van der Waals surface area (Å²) < 4.78 is 65.9. The van der Waals surface area contributed by atoms with Crippen LogP contribution in [-0.2, 0) is 11.6 Å². The summed E-state index contributed by atoms with van der Waals surface area (Å²) in [5.74, 6) is -3.02. The number of aliphatic hydroxyl groups is 1. The van der Waals surface area contributed by atoms with E-state index in [4.69, 9.17) is 0 Å². The van der Waals surface area contributed by atoms with E-state index in [1.165, 1.54) is 24.4 Å². The Bertz CT molecular complexity index is 721. The maximum atomic E-state index is 13.6. The summed E-state index contributed by atoms with van der Waals surface area (Å²) in [6.45, 7) is 0. The molecular formula is C17H14F5NO. The van der Waals surface area contributed by atoms with E-state index >= 15 is 0 Å². The smallest absolute Gasteiger partial charge is 0.386 e. The lowest BCUT2D eigenvalue weighted by molar-refractivity contribution is -0.163. The summed E-state index contributed by atoms with van der Waals surface area (Å²) in [5, 5.41) is 10.6. The van der Waals surface area contributed by atoms with Gasteiger partial charge in [-0.05, 0) is 23.8 Å². The van der Waals surface area contributed by atoms with Crippen molar-refractivity contribution >= 4 is 0 Å². The molecule has 1 aromatic heterocycles.